The molecule has 3 rings (SSSR count). The van der Waals surface area contributed by atoms with Crippen molar-refractivity contribution in [2.45, 2.75) is 26.8 Å². The highest BCUT2D eigenvalue weighted by Crippen LogP contribution is 2.18. The molecule has 142 valence electrons. The van der Waals surface area contributed by atoms with E-state index >= 15 is 0 Å². The third-order valence-corrected chi connectivity index (χ3v) is 4.28. The molecular weight excluding hydrogens is 352 g/mol. The van der Waals surface area contributed by atoms with Crippen molar-refractivity contribution in [2.24, 2.45) is 0 Å². The van der Waals surface area contributed by atoms with E-state index in [9.17, 15) is 9.59 Å². The van der Waals surface area contributed by atoms with E-state index in [-0.39, 0.29) is 23.4 Å². The number of carbonyl (C=O) groups excluding carboxylic acids is 2. The average molecular weight is 374 g/mol. The summed E-state index contributed by atoms with van der Waals surface area (Å²) in [6, 6.07) is 18.3. The van der Waals surface area contributed by atoms with Gasteiger partial charge in [-0.2, -0.15) is 0 Å². The Hall–Kier alpha value is -3.54. The fraction of sp³-hybridized carbons (Fsp3) is 0.182. The molecule has 28 heavy (non-hydrogen) atoms. The van der Waals surface area contributed by atoms with Gasteiger partial charge in [0.2, 0.25) is 0 Å². The molecule has 1 aromatic heterocycles. The van der Waals surface area contributed by atoms with Gasteiger partial charge in [0.1, 0.15) is 17.3 Å². The molecule has 6 nitrogen and oxygen atoms in total. The van der Waals surface area contributed by atoms with E-state index in [2.05, 4.69) is 20.6 Å². The van der Waals surface area contributed by atoms with Gasteiger partial charge in [0.05, 0.1) is 6.04 Å². The minimum Gasteiger partial charge on any atom is -0.344 e. The van der Waals surface area contributed by atoms with Crippen molar-refractivity contribution in [2.75, 3.05) is 5.32 Å². The predicted molar refractivity (Wildman–Crippen MR) is 109 cm³/mol. The van der Waals surface area contributed by atoms with Crippen LogP contribution in [0.4, 0.5) is 11.5 Å². The number of amides is 1. The van der Waals surface area contributed by atoms with Crippen molar-refractivity contribution < 1.29 is 9.59 Å². The fourth-order valence-corrected chi connectivity index (χ4v) is 2.78. The molecule has 1 amide bonds. The zero-order chi connectivity index (χ0) is 20.1. The van der Waals surface area contributed by atoms with E-state index < -0.39 is 0 Å². The highest BCUT2D eigenvalue weighted by atomic mass is 16.2. The number of carbonyl (C=O) groups is 2. The van der Waals surface area contributed by atoms with Gasteiger partial charge in [-0.25, -0.2) is 9.97 Å². The second-order valence-corrected chi connectivity index (χ2v) is 6.55. The number of hydrogen-bond acceptors (Lipinski definition) is 5. The summed E-state index contributed by atoms with van der Waals surface area (Å²) in [6.07, 6.45) is 0. The van der Waals surface area contributed by atoms with Gasteiger partial charge in [-0.05, 0) is 50.6 Å². The zero-order valence-corrected chi connectivity index (χ0v) is 16.1. The minimum atomic E-state index is -0.267. The Labute approximate surface area is 164 Å². The van der Waals surface area contributed by atoms with Gasteiger partial charge in [-0.3, -0.25) is 9.59 Å². The van der Waals surface area contributed by atoms with Gasteiger partial charge >= 0.3 is 0 Å². The van der Waals surface area contributed by atoms with E-state index in [4.69, 9.17) is 0 Å². The number of hydrogen-bond donors (Lipinski definition) is 2. The van der Waals surface area contributed by atoms with Crippen LogP contribution in [-0.2, 0) is 0 Å². The molecule has 0 aliphatic rings. The second-order valence-electron chi connectivity index (χ2n) is 6.55. The fourth-order valence-electron chi connectivity index (χ4n) is 2.78. The molecule has 0 saturated heterocycles. The monoisotopic (exact) mass is 374 g/mol. The standard InChI is InChI=1S/C22H22N4O2/c1-14(17-7-5-4-6-8-17)23-22(28)20-13-21(25-16(3)24-20)26-19-11-9-18(10-12-19)15(2)27/h4-14H,1-3H3,(H,23,28)(H,24,25,26). The maximum Gasteiger partial charge on any atom is 0.270 e. The number of ketones is 1. The van der Waals surface area contributed by atoms with Crippen molar-refractivity contribution in [1.82, 2.24) is 15.3 Å². The lowest BCUT2D eigenvalue weighted by atomic mass is 10.1. The number of benzene rings is 2. The normalized spacial score (nSPS) is 11.5. The van der Waals surface area contributed by atoms with Crippen LogP contribution in [0.5, 0.6) is 0 Å². The second kappa shape index (κ2) is 8.43. The van der Waals surface area contributed by atoms with Crippen molar-refractivity contribution in [3.8, 4) is 0 Å². The Morgan fingerprint density at radius 2 is 1.64 bits per heavy atom. The number of rotatable bonds is 6. The molecule has 1 unspecified atom stereocenters. The van der Waals surface area contributed by atoms with Gasteiger partial charge < -0.3 is 10.6 Å². The maximum atomic E-state index is 12.6. The molecule has 0 radical (unpaired) electrons. The highest BCUT2D eigenvalue weighted by molar-refractivity contribution is 5.94. The summed E-state index contributed by atoms with van der Waals surface area (Å²) in [5.41, 5.74) is 2.72. The highest BCUT2D eigenvalue weighted by Gasteiger charge is 2.14. The van der Waals surface area contributed by atoms with Crippen molar-refractivity contribution in [3.05, 3.63) is 83.3 Å². The minimum absolute atomic E-state index is 0.0101. The van der Waals surface area contributed by atoms with E-state index in [1.54, 1.807) is 37.3 Å². The lowest BCUT2D eigenvalue weighted by Crippen LogP contribution is -2.27. The van der Waals surface area contributed by atoms with Crippen LogP contribution in [0, 0.1) is 6.92 Å². The van der Waals surface area contributed by atoms with Gasteiger partial charge in [-0.1, -0.05) is 30.3 Å². The summed E-state index contributed by atoms with van der Waals surface area (Å²) in [5.74, 6) is 0.746. The number of anilines is 2. The first-order valence-electron chi connectivity index (χ1n) is 9.02. The Morgan fingerprint density at radius 3 is 2.29 bits per heavy atom. The van der Waals surface area contributed by atoms with Crippen LogP contribution in [0.15, 0.2) is 60.7 Å². The number of nitrogens with one attached hydrogen (secondary N) is 2. The number of aromatic nitrogens is 2. The van der Waals surface area contributed by atoms with E-state index in [1.807, 2.05) is 37.3 Å². The van der Waals surface area contributed by atoms with Crippen molar-refractivity contribution in [1.29, 1.82) is 0 Å². The van der Waals surface area contributed by atoms with Crippen LogP contribution in [-0.4, -0.2) is 21.7 Å². The Bertz CT molecular complexity index is 985. The zero-order valence-electron chi connectivity index (χ0n) is 16.1. The largest absolute Gasteiger partial charge is 0.344 e. The third kappa shape index (κ3) is 4.79. The van der Waals surface area contributed by atoms with Crippen LogP contribution >= 0.6 is 0 Å². The molecule has 0 aliphatic heterocycles. The van der Waals surface area contributed by atoms with E-state index in [0.717, 1.165) is 11.3 Å². The number of Topliss-reactive ketones (excluding diaryl/α,β-unsaturated/α-hetero) is 1. The summed E-state index contributed by atoms with van der Waals surface area (Å²) in [7, 11) is 0. The first kappa shape index (κ1) is 19.2. The Kier molecular flexibility index (Phi) is 5.79. The van der Waals surface area contributed by atoms with Crippen molar-refractivity contribution >= 4 is 23.2 Å². The SMILES string of the molecule is CC(=O)c1ccc(Nc2cc(C(=O)NC(C)c3ccccc3)nc(C)n2)cc1. The van der Waals surface area contributed by atoms with Crippen LogP contribution in [0.1, 0.15) is 52.1 Å². The molecule has 2 N–H and O–H groups in total. The molecule has 0 saturated carbocycles. The lowest BCUT2D eigenvalue weighted by Gasteiger charge is -2.15. The summed E-state index contributed by atoms with van der Waals surface area (Å²) >= 11 is 0. The third-order valence-electron chi connectivity index (χ3n) is 4.28. The van der Waals surface area contributed by atoms with E-state index in [0.29, 0.717) is 17.2 Å². The summed E-state index contributed by atoms with van der Waals surface area (Å²) in [5, 5.41) is 6.10. The van der Waals surface area contributed by atoms with Crippen LogP contribution in [0.3, 0.4) is 0 Å². The maximum absolute atomic E-state index is 12.6. The molecular formula is C22H22N4O2. The average Bonchev–Trinajstić information content (AvgIpc) is 2.68. The number of nitrogens with zero attached hydrogens (tertiary/aromatic N) is 2. The summed E-state index contributed by atoms with van der Waals surface area (Å²) < 4.78 is 0. The lowest BCUT2D eigenvalue weighted by molar-refractivity contribution is 0.0933. The van der Waals surface area contributed by atoms with Crippen LogP contribution < -0.4 is 10.6 Å². The Morgan fingerprint density at radius 1 is 0.964 bits per heavy atom. The van der Waals surface area contributed by atoms with Gasteiger partial charge in [0, 0.05) is 17.3 Å². The molecule has 0 fully saturated rings. The molecule has 6 heteroatoms. The van der Waals surface area contributed by atoms with Gasteiger partial charge in [0.15, 0.2) is 5.78 Å². The molecule has 1 atom stereocenters. The molecule has 0 spiro atoms. The molecule has 2 aromatic carbocycles. The van der Waals surface area contributed by atoms with Gasteiger partial charge in [0.25, 0.3) is 5.91 Å². The van der Waals surface area contributed by atoms with Crippen molar-refractivity contribution in [3.63, 3.8) is 0 Å². The van der Waals surface area contributed by atoms with Gasteiger partial charge in [-0.15, -0.1) is 0 Å². The Balaban J connectivity index is 1.75. The summed E-state index contributed by atoms with van der Waals surface area (Å²) in [6.45, 7) is 5.19. The smallest absolute Gasteiger partial charge is 0.270 e. The molecule has 0 bridgehead atoms. The quantitative estimate of drug-likeness (QED) is 0.631. The molecule has 1 heterocycles. The number of aryl methyl sites for hydroxylation is 1. The first-order chi connectivity index (χ1) is 13.4. The van der Waals surface area contributed by atoms with Crippen LogP contribution in [0.25, 0.3) is 0 Å². The van der Waals surface area contributed by atoms with E-state index in [1.165, 1.54) is 6.92 Å². The predicted octanol–water partition coefficient (Wildman–Crippen LogP) is 4.22. The first-order valence-corrected chi connectivity index (χ1v) is 9.02. The summed E-state index contributed by atoms with van der Waals surface area (Å²) in [4.78, 5) is 32.6. The topological polar surface area (TPSA) is 84.0 Å². The van der Waals surface area contributed by atoms with Crippen LogP contribution in [0.2, 0.25) is 0 Å². The molecule has 3 aromatic rings. The molecule has 0 aliphatic carbocycles.